The van der Waals surface area contributed by atoms with Crippen molar-refractivity contribution < 1.29 is 14.3 Å². The van der Waals surface area contributed by atoms with E-state index in [4.69, 9.17) is 9.47 Å². The predicted molar refractivity (Wildman–Crippen MR) is 83.4 cm³/mol. The number of pyridine rings is 1. The van der Waals surface area contributed by atoms with E-state index in [2.05, 4.69) is 10.1 Å². The molecule has 7 nitrogen and oxygen atoms in total. The Balaban J connectivity index is 1.61. The van der Waals surface area contributed by atoms with Gasteiger partial charge in [0, 0.05) is 45.2 Å². The Hall–Kier alpha value is -2.41. The fourth-order valence-electron chi connectivity index (χ4n) is 2.59. The Labute approximate surface area is 134 Å². The molecule has 23 heavy (non-hydrogen) atoms. The Bertz CT molecular complexity index is 648. The topological polar surface area (TPSA) is 69.5 Å². The van der Waals surface area contributed by atoms with Gasteiger partial charge in [0.05, 0.1) is 13.2 Å². The van der Waals surface area contributed by atoms with E-state index in [0.717, 1.165) is 17.9 Å². The highest BCUT2D eigenvalue weighted by Gasteiger charge is 2.27. The maximum atomic E-state index is 12.3. The van der Waals surface area contributed by atoms with Gasteiger partial charge in [-0.2, -0.15) is 5.10 Å². The summed E-state index contributed by atoms with van der Waals surface area (Å²) in [7, 11) is 3.37. The van der Waals surface area contributed by atoms with Crippen LogP contribution in [0.5, 0.6) is 5.75 Å². The van der Waals surface area contributed by atoms with Crippen molar-refractivity contribution in [3.05, 3.63) is 42.0 Å². The fourth-order valence-corrected chi connectivity index (χ4v) is 2.59. The number of rotatable bonds is 6. The van der Waals surface area contributed by atoms with Crippen LogP contribution in [0.3, 0.4) is 0 Å². The van der Waals surface area contributed by atoms with E-state index in [1.807, 2.05) is 22.9 Å². The molecule has 122 valence electrons. The van der Waals surface area contributed by atoms with Crippen molar-refractivity contribution in [3.8, 4) is 5.75 Å². The minimum atomic E-state index is -0.0875. The van der Waals surface area contributed by atoms with Crippen LogP contribution in [0.2, 0.25) is 0 Å². The first-order valence-corrected chi connectivity index (χ1v) is 7.55. The molecule has 1 aliphatic rings. The number of ether oxygens (including phenoxy) is 2. The Morgan fingerprint density at radius 2 is 2.22 bits per heavy atom. The molecule has 1 aliphatic heterocycles. The van der Waals surface area contributed by atoms with E-state index in [0.29, 0.717) is 25.4 Å². The SMILES string of the molecule is COCCN(C)C(=O)c1cc2n(n1)CC(Oc1ccncc1)C2. The Kier molecular flexibility index (Phi) is 4.57. The number of fused-ring (bicyclic) bond motifs is 1. The van der Waals surface area contributed by atoms with Crippen LogP contribution in [0, 0.1) is 0 Å². The van der Waals surface area contributed by atoms with Gasteiger partial charge in [0.15, 0.2) is 5.69 Å². The van der Waals surface area contributed by atoms with E-state index >= 15 is 0 Å². The third-order valence-corrected chi connectivity index (χ3v) is 3.83. The van der Waals surface area contributed by atoms with Crippen LogP contribution < -0.4 is 4.74 Å². The van der Waals surface area contributed by atoms with Crippen molar-refractivity contribution in [2.45, 2.75) is 19.1 Å². The van der Waals surface area contributed by atoms with Crippen molar-refractivity contribution in [1.29, 1.82) is 0 Å². The van der Waals surface area contributed by atoms with Crippen LogP contribution >= 0.6 is 0 Å². The first kappa shape index (κ1) is 15.5. The third-order valence-electron chi connectivity index (χ3n) is 3.83. The lowest BCUT2D eigenvalue weighted by molar-refractivity contribution is 0.0737. The van der Waals surface area contributed by atoms with Crippen LogP contribution in [0.1, 0.15) is 16.2 Å². The molecular weight excluding hydrogens is 296 g/mol. The smallest absolute Gasteiger partial charge is 0.274 e. The lowest BCUT2D eigenvalue weighted by Gasteiger charge is -2.15. The summed E-state index contributed by atoms with van der Waals surface area (Å²) in [6.07, 6.45) is 4.19. The minimum absolute atomic E-state index is 0.0373. The molecule has 0 bridgehead atoms. The van der Waals surface area contributed by atoms with Gasteiger partial charge in [0.1, 0.15) is 11.9 Å². The molecule has 3 heterocycles. The van der Waals surface area contributed by atoms with Crippen LogP contribution in [0.25, 0.3) is 0 Å². The van der Waals surface area contributed by atoms with Crippen LogP contribution in [-0.4, -0.2) is 59.0 Å². The molecule has 1 amide bonds. The number of carbonyl (C=O) groups is 1. The largest absolute Gasteiger partial charge is 0.488 e. The molecule has 0 N–H and O–H groups in total. The van der Waals surface area contributed by atoms with E-state index in [1.165, 1.54) is 0 Å². The molecule has 0 spiro atoms. The zero-order valence-corrected chi connectivity index (χ0v) is 13.3. The van der Waals surface area contributed by atoms with Gasteiger partial charge in [-0.15, -0.1) is 0 Å². The summed E-state index contributed by atoms with van der Waals surface area (Å²) in [6, 6.07) is 5.52. The summed E-state index contributed by atoms with van der Waals surface area (Å²) in [5, 5.41) is 4.40. The third kappa shape index (κ3) is 3.50. The monoisotopic (exact) mass is 316 g/mol. The number of amides is 1. The first-order chi connectivity index (χ1) is 11.2. The lowest BCUT2D eigenvalue weighted by Crippen LogP contribution is -2.30. The van der Waals surface area contributed by atoms with Gasteiger partial charge >= 0.3 is 0 Å². The number of hydrogen-bond acceptors (Lipinski definition) is 5. The van der Waals surface area contributed by atoms with Crippen molar-refractivity contribution in [1.82, 2.24) is 19.7 Å². The average molecular weight is 316 g/mol. The molecular formula is C16H20N4O3. The summed E-state index contributed by atoms with van der Waals surface area (Å²) in [5.41, 5.74) is 1.49. The second-order valence-corrected chi connectivity index (χ2v) is 5.55. The zero-order valence-electron chi connectivity index (χ0n) is 13.3. The molecule has 0 saturated carbocycles. The molecule has 0 saturated heterocycles. The van der Waals surface area contributed by atoms with E-state index < -0.39 is 0 Å². The Morgan fingerprint density at radius 1 is 1.43 bits per heavy atom. The summed E-state index contributed by atoms with van der Waals surface area (Å²) in [5.74, 6) is 0.710. The highest BCUT2D eigenvalue weighted by molar-refractivity contribution is 5.92. The standard InChI is InChI=1S/C16H20N4O3/c1-19(7-8-22-2)16(21)15-10-12-9-14(11-20(12)18-15)23-13-3-5-17-6-4-13/h3-6,10,14H,7-9,11H2,1-2H3. The fraction of sp³-hybridized carbons (Fsp3) is 0.438. The van der Waals surface area contributed by atoms with E-state index in [9.17, 15) is 4.79 Å². The number of carbonyl (C=O) groups excluding carboxylic acids is 1. The Morgan fingerprint density at radius 3 is 2.91 bits per heavy atom. The van der Waals surface area contributed by atoms with Crippen LogP contribution in [-0.2, 0) is 17.7 Å². The second kappa shape index (κ2) is 6.78. The number of likely N-dealkylation sites (N-methyl/N-ethyl adjacent to an activating group) is 1. The summed E-state index contributed by atoms with van der Waals surface area (Å²) in [4.78, 5) is 17.9. The van der Waals surface area contributed by atoms with Gasteiger partial charge in [-0.3, -0.25) is 14.5 Å². The first-order valence-electron chi connectivity index (χ1n) is 7.55. The van der Waals surface area contributed by atoms with Gasteiger partial charge < -0.3 is 14.4 Å². The number of aromatic nitrogens is 3. The molecule has 7 heteroatoms. The van der Waals surface area contributed by atoms with Crippen LogP contribution in [0.4, 0.5) is 0 Å². The number of methoxy groups -OCH3 is 1. The number of nitrogens with zero attached hydrogens (tertiary/aromatic N) is 4. The molecule has 1 atom stereocenters. The van der Waals surface area contributed by atoms with Gasteiger partial charge in [0.2, 0.25) is 0 Å². The van der Waals surface area contributed by atoms with Crippen molar-refractivity contribution in [2.75, 3.05) is 27.3 Å². The van der Waals surface area contributed by atoms with Crippen molar-refractivity contribution in [2.24, 2.45) is 0 Å². The molecule has 0 aromatic carbocycles. The normalized spacial score (nSPS) is 16.2. The lowest BCUT2D eigenvalue weighted by atomic mass is 10.2. The molecule has 2 aromatic rings. The van der Waals surface area contributed by atoms with Crippen LogP contribution in [0.15, 0.2) is 30.6 Å². The molecule has 3 rings (SSSR count). The highest BCUT2D eigenvalue weighted by Crippen LogP contribution is 2.21. The predicted octanol–water partition coefficient (Wildman–Crippen LogP) is 1.00. The van der Waals surface area contributed by atoms with Crippen molar-refractivity contribution >= 4 is 5.91 Å². The van der Waals surface area contributed by atoms with Crippen molar-refractivity contribution in [3.63, 3.8) is 0 Å². The molecule has 2 aromatic heterocycles. The highest BCUT2D eigenvalue weighted by atomic mass is 16.5. The maximum Gasteiger partial charge on any atom is 0.274 e. The van der Waals surface area contributed by atoms with Gasteiger partial charge in [-0.1, -0.05) is 0 Å². The summed E-state index contributed by atoms with van der Waals surface area (Å²) in [6.45, 7) is 1.70. The zero-order chi connectivity index (χ0) is 16.2. The second-order valence-electron chi connectivity index (χ2n) is 5.55. The quantitative estimate of drug-likeness (QED) is 0.795. The molecule has 0 radical (unpaired) electrons. The molecule has 1 unspecified atom stereocenters. The molecule has 0 aliphatic carbocycles. The average Bonchev–Trinajstić information content (AvgIpc) is 3.11. The van der Waals surface area contributed by atoms with E-state index in [-0.39, 0.29) is 12.0 Å². The number of hydrogen-bond donors (Lipinski definition) is 0. The van der Waals surface area contributed by atoms with Gasteiger partial charge in [-0.25, -0.2) is 0 Å². The molecule has 0 fully saturated rings. The maximum absolute atomic E-state index is 12.3. The van der Waals surface area contributed by atoms with Gasteiger partial charge in [-0.05, 0) is 18.2 Å². The van der Waals surface area contributed by atoms with Gasteiger partial charge in [0.25, 0.3) is 5.91 Å². The summed E-state index contributed by atoms with van der Waals surface area (Å²) < 4.78 is 12.7. The summed E-state index contributed by atoms with van der Waals surface area (Å²) >= 11 is 0. The minimum Gasteiger partial charge on any atom is -0.488 e. The van der Waals surface area contributed by atoms with E-state index in [1.54, 1.807) is 31.5 Å².